The van der Waals surface area contributed by atoms with E-state index in [-0.39, 0.29) is 6.04 Å². The van der Waals surface area contributed by atoms with Gasteiger partial charge >= 0.3 is 0 Å². The van der Waals surface area contributed by atoms with Crippen LogP contribution in [-0.4, -0.2) is 65.1 Å². The summed E-state index contributed by atoms with van der Waals surface area (Å²) in [4.78, 5) is 21.5. The van der Waals surface area contributed by atoms with Crippen LogP contribution in [-0.2, 0) is 0 Å². The van der Waals surface area contributed by atoms with Crippen molar-refractivity contribution in [2.24, 2.45) is 0 Å². The van der Waals surface area contributed by atoms with Crippen LogP contribution in [0.1, 0.15) is 56.5 Å². The minimum Gasteiger partial charge on any atom is -0.368 e. The normalized spacial score (nSPS) is 15.0. The molecule has 0 atom stereocenters. The number of pyridine rings is 1. The minimum atomic E-state index is 0.248. The third kappa shape index (κ3) is 6.12. The number of nitrogens with zero attached hydrogens (tertiary/aromatic N) is 7. The highest BCUT2D eigenvalue weighted by Gasteiger charge is 2.30. The number of likely N-dealkylation sites (tertiary alicyclic amines) is 1. The van der Waals surface area contributed by atoms with E-state index in [1.807, 2.05) is 44.3 Å². The number of rotatable bonds is 9. The lowest BCUT2D eigenvalue weighted by Gasteiger charge is -2.38. The number of aromatic nitrogens is 7. The fraction of sp³-hybridized carbons (Fsp3) is 0.324. The van der Waals surface area contributed by atoms with E-state index >= 15 is 0 Å². The van der Waals surface area contributed by atoms with E-state index in [1.54, 1.807) is 0 Å². The summed E-state index contributed by atoms with van der Waals surface area (Å²) in [6, 6.07) is 16.6. The minimum absolute atomic E-state index is 0.248. The number of anilines is 1. The zero-order valence-corrected chi connectivity index (χ0v) is 25.8. The van der Waals surface area contributed by atoms with E-state index in [0.717, 1.165) is 70.8 Å². The van der Waals surface area contributed by atoms with Crippen molar-refractivity contribution in [2.75, 3.05) is 25.0 Å². The molecule has 0 spiro atoms. The molecule has 220 valence electrons. The van der Waals surface area contributed by atoms with Crippen molar-refractivity contribution < 1.29 is 0 Å². The lowest BCUT2D eigenvalue weighted by atomic mass is 9.98. The molecule has 1 fully saturated rings. The lowest BCUT2D eigenvalue weighted by Crippen LogP contribution is -2.46. The Morgan fingerprint density at radius 3 is 2.49 bits per heavy atom. The zero-order chi connectivity index (χ0) is 30.1. The number of hydrogen-bond donors (Lipinski definition) is 2. The number of allylic oxidation sites excluding steroid dienone is 3. The van der Waals surface area contributed by atoms with Gasteiger partial charge in [-0.25, -0.2) is 19.9 Å². The molecule has 1 aromatic carbocycles. The first-order valence-electron chi connectivity index (χ1n) is 14.9. The number of fused-ring (bicyclic) bond motifs is 1. The standard InChI is InChI=1S/C34H39N9/c1-21(2)35-33-29(26-12-8-7-9-13-26)30(38-34-37-25(6)18-43(33)34)23(4)16-15-22(3)17-42-19-27(20-42)31-39-32(41-40-31)28-14-10-11-24(5)36-28/h7-16,18,21,27,35H,17,19-20H2,1-6H3,(H,39,40,41). The Labute approximate surface area is 252 Å². The quantitative estimate of drug-likeness (QED) is 0.195. The SMILES string of the molecule is CC(=CC=C(C)c1nc2nc(C)cn2c(NC(C)C)c1-c1ccccc1)CN1CC(c2nc(-c3cccc(C)n3)n[nH]2)C1. The number of nitrogens with one attached hydrogen (secondary N) is 2. The smallest absolute Gasteiger partial charge is 0.236 e. The lowest BCUT2D eigenvalue weighted by molar-refractivity contribution is 0.157. The van der Waals surface area contributed by atoms with Crippen LogP contribution in [0.3, 0.4) is 0 Å². The van der Waals surface area contributed by atoms with Crippen LogP contribution >= 0.6 is 0 Å². The van der Waals surface area contributed by atoms with Crippen molar-refractivity contribution >= 4 is 17.2 Å². The summed E-state index contributed by atoms with van der Waals surface area (Å²) in [5, 5.41) is 11.2. The van der Waals surface area contributed by atoms with Crippen molar-refractivity contribution in [1.82, 2.24) is 39.4 Å². The topological polar surface area (TPSA) is 99.9 Å². The van der Waals surface area contributed by atoms with Gasteiger partial charge in [-0.15, -0.1) is 0 Å². The largest absolute Gasteiger partial charge is 0.368 e. The molecule has 6 rings (SSSR count). The van der Waals surface area contributed by atoms with Crippen molar-refractivity contribution in [1.29, 1.82) is 0 Å². The average Bonchev–Trinajstić information content (AvgIpc) is 3.60. The van der Waals surface area contributed by atoms with Gasteiger partial charge in [-0.05, 0) is 64.8 Å². The van der Waals surface area contributed by atoms with Crippen molar-refractivity contribution in [3.63, 3.8) is 0 Å². The van der Waals surface area contributed by atoms with Crippen LogP contribution in [0, 0.1) is 13.8 Å². The number of H-pyrrole nitrogens is 1. The predicted molar refractivity (Wildman–Crippen MR) is 173 cm³/mol. The Morgan fingerprint density at radius 1 is 0.953 bits per heavy atom. The Hall–Kier alpha value is -4.63. The average molecular weight is 574 g/mol. The Kier molecular flexibility index (Phi) is 7.90. The van der Waals surface area contributed by atoms with E-state index in [0.29, 0.717) is 17.5 Å². The first kappa shape index (κ1) is 28.5. The highest BCUT2D eigenvalue weighted by molar-refractivity contribution is 5.87. The van der Waals surface area contributed by atoms with Gasteiger partial charge in [0.2, 0.25) is 5.78 Å². The molecule has 4 aromatic heterocycles. The first-order chi connectivity index (χ1) is 20.7. The Balaban J connectivity index is 1.20. The molecule has 0 aliphatic carbocycles. The van der Waals surface area contributed by atoms with Crippen LogP contribution in [0.15, 0.2) is 72.5 Å². The Morgan fingerprint density at radius 2 is 1.74 bits per heavy atom. The molecule has 0 bridgehead atoms. The van der Waals surface area contributed by atoms with E-state index in [9.17, 15) is 0 Å². The molecular weight excluding hydrogens is 534 g/mol. The molecule has 1 saturated heterocycles. The molecule has 9 nitrogen and oxygen atoms in total. The number of benzene rings is 1. The predicted octanol–water partition coefficient (Wildman–Crippen LogP) is 6.46. The summed E-state index contributed by atoms with van der Waals surface area (Å²) in [7, 11) is 0. The molecule has 0 radical (unpaired) electrons. The van der Waals surface area contributed by atoms with E-state index in [2.05, 4.69) is 93.9 Å². The van der Waals surface area contributed by atoms with Gasteiger partial charge in [0.25, 0.3) is 0 Å². The molecule has 0 amide bonds. The second-order valence-electron chi connectivity index (χ2n) is 11.9. The number of aryl methyl sites for hydroxylation is 2. The summed E-state index contributed by atoms with van der Waals surface area (Å²) in [6.45, 7) is 15.4. The molecule has 5 heterocycles. The summed E-state index contributed by atoms with van der Waals surface area (Å²) in [5.74, 6) is 3.65. The van der Waals surface area contributed by atoms with E-state index in [4.69, 9.17) is 15.0 Å². The maximum Gasteiger partial charge on any atom is 0.236 e. The maximum atomic E-state index is 5.06. The zero-order valence-electron chi connectivity index (χ0n) is 25.8. The molecule has 5 aromatic rings. The number of aromatic amines is 1. The molecule has 9 heteroatoms. The van der Waals surface area contributed by atoms with Crippen molar-refractivity contribution in [2.45, 2.75) is 53.5 Å². The summed E-state index contributed by atoms with van der Waals surface area (Å²) >= 11 is 0. The van der Waals surface area contributed by atoms with Crippen LogP contribution in [0.2, 0.25) is 0 Å². The highest BCUT2D eigenvalue weighted by atomic mass is 15.3. The van der Waals surface area contributed by atoms with Crippen molar-refractivity contribution in [3.8, 4) is 22.6 Å². The third-order valence-electron chi connectivity index (χ3n) is 7.65. The van der Waals surface area contributed by atoms with Gasteiger partial charge in [-0.1, -0.05) is 54.1 Å². The monoisotopic (exact) mass is 573 g/mol. The molecule has 0 unspecified atom stereocenters. The summed E-state index contributed by atoms with van der Waals surface area (Å²) in [5.41, 5.74) is 8.22. The summed E-state index contributed by atoms with van der Waals surface area (Å²) < 4.78 is 2.07. The van der Waals surface area contributed by atoms with Gasteiger partial charge in [-0.3, -0.25) is 14.4 Å². The number of imidazole rings is 1. The molecular formula is C34H39N9. The number of hydrogen-bond acceptors (Lipinski definition) is 7. The van der Waals surface area contributed by atoms with Gasteiger partial charge < -0.3 is 5.32 Å². The van der Waals surface area contributed by atoms with Crippen LogP contribution in [0.5, 0.6) is 0 Å². The van der Waals surface area contributed by atoms with Gasteiger partial charge in [0, 0.05) is 49.0 Å². The van der Waals surface area contributed by atoms with Gasteiger partial charge in [-0.2, -0.15) is 5.10 Å². The fourth-order valence-electron chi connectivity index (χ4n) is 5.56. The second-order valence-corrected chi connectivity index (χ2v) is 11.9. The van der Waals surface area contributed by atoms with Crippen molar-refractivity contribution in [3.05, 3.63) is 95.4 Å². The van der Waals surface area contributed by atoms with E-state index in [1.165, 1.54) is 5.57 Å². The second kappa shape index (κ2) is 11.9. The van der Waals surface area contributed by atoms with Gasteiger partial charge in [0.15, 0.2) is 5.82 Å². The summed E-state index contributed by atoms with van der Waals surface area (Å²) in [6.07, 6.45) is 6.45. The third-order valence-corrected chi connectivity index (χ3v) is 7.65. The van der Waals surface area contributed by atoms with Gasteiger partial charge in [0.1, 0.15) is 17.3 Å². The van der Waals surface area contributed by atoms with Crippen LogP contribution in [0.25, 0.3) is 34.0 Å². The fourth-order valence-corrected chi connectivity index (χ4v) is 5.56. The van der Waals surface area contributed by atoms with Gasteiger partial charge in [0.05, 0.1) is 11.4 Å². The van der Waals surface area contributed by atoms with Crippen LogP contribution < -0.4 is 5.32 Å². The molecule has 0 saturated carbocycles. The van der Waals surface area contributed by atoms with E-state index < -0.39 is 0 Å². The molecule has 2 N–H and O–H groups in total. The van der Waals surface area contributed by atoms with Crippen LogP contribution in [0.4, 0.5) is 5.82 Å². The first-order valence-corrected chi connectivity index (χ1v) is 14.9. The Bertz CT molecular complexity index is 1800. The maximum absolute atomic E-state index is 5.06. The molecule has 1 aliphatic heterocycles. The highest BCUT2D eigenvalue weighted by Crippen LogP contribution is 2.36. The molecule has 43 heavy (non-hydrogen) atoms. The molecule has 1 aliphatic rings.